The zero-order valence-electron chi connectivity index (χ0n) is 13.0. The van der Waals surface area contributed by atoms with Crippen LogP contribution in [0.15, 0.2) is 18.2 Å². The monoisotopic (exact) mass is 275 g/mol. The summed E-state index contributed by atoms with van der Waals surface area (Å²) in [6.07, 6.45) is 1.58. The van der Waals surface area contributed by atoms with Crippen LogP contribution in [0.3, 0.4) is 0 Å². The highest BCUT2D eigenvalue weighted by Crippen LogP contribution is 2.24. The van der Waals surface area contributed by atoms with Crippen LogP contribution in [0.4, 0.5) is 0 Å². The summed E-state index contributed by atoms with van der Waals surface area (Å²) in [7, 11) is 0. The van der Waals surface area contributed by atoms with E-state index in [0.29, 0.717) is 13.2 Å². The van der Waals surface area contributed by atoms with Crippen LogP contribution in [-0.4, -0.2) is 18.6 Å². The van der Waals surface area contributed by atoms with Crippen molar-refractivity contribution in [3.63, 3.8) is 0 Å². The third-order valence-electron chi connectivity index (χ3n) is 3.88. The Morgan fingerprint density at radius 2 is 2.15 bits per heavy atom. The van der Waals surface area contributed by atoms with E-state index in [2.05, 4.69) is 51.2 Å². The Labute approximate surface area is 121 Å². The molecule has 1 unspecified atom stereocenters. The standard InChI is InChI=1S/C17H25NO2/c1-12-10-14(17(2,3)4)8-7-13(12)11-18-16(19)15-6-5-9-20-15/h7-8,10,15H,5-6,9,11H2,1-4H3,(H,18,19). The van der Waals surface area contributed by atoms with Gasteiger partial charge in [0.15, 0.2) is 0 Å². The van der Waals surface area contributed by atoms with Gasteiger partial charge in [0.1, 0.15) is 6.10 Å². The number of carbonyl (C=O) groups is 1. The minimum Gasteiger partial charge on any atom is -0.368 e. The highest BCUT2D eigenvalue weighted by molar-refractivity contribution is 5.80. The van der Waals surface area contributed by atoms with E-state index >= 15 is 0 Å². The van der Waals surface area contributed by atoms with E-state index in [-0.39, 0.29) is 17.4 Å². The van der Waals surface area contributed by atoms with Crippen molar-refractivity contribution in [3.8, 4) is 0 Å². The molecular weight excluding hydrogens is 250 g/mol. The molecule has 0 aromatic heterocycles. The van der Waals surface area contributed by atoms with E-state index < -0.39 is 0 Å². The first-order valence-electron chi connectivity index (χ1n) is 7.37. The lowest BCUT2D eigenvalue weighted by Gasteiger charge is -2.21. The largest absolute Gasteiger partial charge is 0.368 e. The molecule has 20 heavy (non-hydrogen) atoms. The number of hydrogen-bond acceptors (Lipinski definition) is 2. The molecule has 1 aliphatic heterocycles. The van der Waals surface area contributed by atoms with Crippen LogP contribution in [-0.2, 0) is 21.5 Å². The zero-order chi connectivity index (χ0) is 14.8. The van der Waals surface area contributed by atoms with E-state index in [0.717, 1.165) is 12.8 Å². The van der Waals surface area contributed by atoms with Crippen LogP contribution < -0.4 is 5.32 Å². The molecule has 1 atom stereocenters. The van der Waals surface area contributed by atoms with Crippen molar-refractivity contribution in [1.82, 2.24) is 5.32 Å². The lowest BCUT2D eigenvalue weighted by Crippen LogP contribution is -2.33. The van der Waals surface area contributed by atoms with Crippen LogP contribution >= 0.6 is 0 Å². The van der Waals surface area contributed by atoms with Gasteiger partial charge >= 0.3 is 0 Å². The maximum absolute atomic E-state index is 11.9. The summed E-state index contributed by atoms with van der Waals surface area (Å²) in [5.41, 5.74) is 3.88. The normalized spacial score (nSPS) is 19.1. The molecule has 0 spiro atoms. The Bertz CT molecular complexity index is 482. The highest BCUT2D eigenvalue weighted by Gasteiger charge is 2.23. The van der Waals surface area contributed by atoms with Gasteiger partial charge in [-0.25, -0.2) is 0 Å². The summed E-state index contributed by atoms with van der Waals surface area (Å²) >= 11 is 0. The Morgan fingerprint density at radius 3 is 2.70 bits per heavy atom. The number of rotatable bonds is 3. The Balaban J connectivity index is 1.98. The van der Waals surface area contributed by atoms with E-state index in [4.69, 9.17) is 4.74 Å². The molecule has 1 saturated heterocycles. The second kappa shape index (κ2) is 5.96. The van der Waals surface area contributed by atoms with Crippen molar-refractivity contribution < 1.29 is 9.53 Å². The van der Waals surface area contributed by atoms with Crippen molar-refractivity contribution in [2.24, 2.45) is 0 Å². The van der Waals surface area contributed by atoms with Gasteiger partial charge in [0, 0.05) is 13.2 Å². The van der Waals surface area contributed by atoms with Crippen LogP contribution in [0.5, 0.6) is 0 Å². The smallest absolute Gasteiger partial charge is 0.249 e. The second-order valence-corrected chi connectivity index (χ2v) is 6.61. The number of carbonyl (C=O) groups excluding carboxylic acids is 1. The predicted molar refractivity (Wildman–Crippen MR) is 80.7 cm³/mol. The molecule has 3 heteroatoms. The fourth-order valence-electron chi connectivity index (χ4n) is 2.44. The number of benzene rings is 1. The summed E-state index contributed by atoms with van der Waals surface area (Å²) in [6.45, 7) is 10.0. The fourth-order valence-corrected chi connectivity index (χ4v) is 2.44. The third-order valence-corrected chi connectivity index (χ3v) is 3.88. The molecule has 1 heterocycles. The van der Waals surface area contributed by atoms with Crippen molar-refractivity contribution in [2.45, 2.75) is 58.6 Å². The predicted octanol–water partition coefficient (Wildman–Crippen LogP) is 3.09. The van der Waals surface area contributed by atoms with Gasteiger partial charge in [-0.05, 0) is 41.9 Å². The van der Waals surface area contributed by atoms with Gasteiger partial charge in [0.25, 0.3) is 0 Å². The van der Waals surface area contributed by atoms with Crippen LogP contribution in [0.1, 0.15) is 50.3 Å². The molecule has 0 bridgehead atoms. The van der Waals surface area contributed by atoms with Gasteiger partial charge in [0.2, 0.25) is 5.91 Å². The maximum Gasteiger partial charge on any atom is 0.249 e. The van der Waals surface area contributed by atoms with Crippen molar-refractivity contribution in [1.29, 1.82) is 0 Å². The SMILES string of the molecule is Cc1cc(C(C)(C)C)ccc1CNC(=O)C1CCCO1. The highest BCUT2D eigenvalue weighted by atomic mass is 16.5. The molecule has 0 saturated carbocycles. The van der Waals surface area contributed by atoms with E-state index in [1.54, 1.807) is 0 Å². The minimum absolute atomic E-state index is 0.0156. The molecule has 1 aromatic carbocycles. The van der Waals surface area contributed by atoms with Crippen molar-refractivity contribution in [2.75, 3.05) is 6.61 Å². The topological polar surface area (TPSA) is 38.3 Å². The van der Waals surface area contributed by atoms with E-state index in [1.165, 1.54) is 16.7 Å². The molecule has 2 rings (SSSR count). The molecule has 1 amide bonds. The quantitative estimate of drug-likeness (QED) is 0.920. The molecule has 1 aliphatic rings. The van der Waals surface area contributed by atoms with Gasteiger partial charge in [-0.15, -0.1) is 0 Å². The van der Waals surface area contributed by atoms with Gasteiger partial charge in [0.05, 0.1) is 0 Å². The first kappa shape index (κ1) is 15.0. The summed E-state index contributed by atoms with van der Waals surface area (Å²) in [5, 5.41) is 2.98. The van der Waals surface area contributed by atoms with Crippen molar-refractivity contribution >= 4 is 5.91 Å². The summed E-state index contributed by atoms with van der Waals surface area (Å²) < 4.78 is 5.39. The molecule has 1 aromatic rings. The number of ether oxygens (including phenoxy) is 1. The van der Waals surface area contributed by atoms with Crippen LogP contribution in [0.25, 0.3) is 0 Å². The lowest BCUT2D eigenvalue weighted by molar-refractivity contribution is -0.130. The van der Waals surface area contributed by atoms with Crippen molar-refractivity contribution in [3.05, 3.63) is 34.9 Å². The summed E-state index contributed by atoms with van der Waals surface area (Å²) in [5.74, 6) is 0.0156. The maximum atomic E-state index is 11.9. The van der Waals surface area contributed by atoms with Crippen LogP contribution in [0, 0.1) is 6.92 Å². The molecule has 110 valence electrons. The van der Waals surface area contributed by atoms with Gasteiger partial charge < -0.3 is 10.1 Å². The first-order chi connectivity index (χ1) is 9.38. The molecule has 1 fully saturated rings. The molecular formula is C17H25NO2. The molecule has 1 N–H and O–H groups in total. The summed E-state index contributed by atoms with van der Waals surface area (Å²) in [4.78, 5) is 11.9. The number of nitrogens with one attached hydrogen (secondary N) is 1. The molecule has 0 aliphatic carbocycles. The fraction of sp³-hybridized carbons (Fsp3) is 0.588. The third kappa shape index (κ3) is 3.60. The average molecular weight is 275 g/mol. The van der Waals surface area contributed by atoms with E-state index in [9.17, 15) is 4.79 Å². The van der Waals surface area contributed by atoms with Gasteiger partial charge in [-0.3, -0.25) is 4.79 Å². The lowest BCUT2D eigenvalue weighted by atomic mass is 9.85. The molecule has 3 nitrogen and oxygen atoms in total. The van der Waals surface area contributed by atoms with Gasteiger partial charge in [-0.1, -0.05) is 39.0 Å². The Morgan fingerprint density at radius 1 is 1.40 bits per heavy atom. The number of aryl methyl sites for hydroxylation is 1. The number of amides is 1. The first-order valence-corrected chi connectivity index (χ1v) is 7.37. The van der Waals surface area contributed by atoms with E-state index in [1.807, 2.05) is 0 Å². The zero-order valence-corrected chi connectivity index (χ0v) is 13.0. The number of hydrogen-bond donors (Lipinski definition) is 1. The minimum atomic E-state index is -0.246. The Kier molecular flexibility index (Phi) is 4.48. The Hall–Kier alpha value is -1.35. The average Bonchev–Trinajstić information content (AvgIpc) is 2.89. The molecule has 0 radical (unpaired) electrons. The second-order valence-electron chi connectivity index (χ2n) is 6.61. The summed E-state index contributed by atoms with van der Waals surface area (Å²) in [6, 6.07) is 6.49. The van der Waals surface area contributed by atoms with Gasteiger partial charge in [-0.2, -0.15) is 0 Å². The van der Waals surface area contributed by atoms with Crippen LogP contribution in [0.2, 0.25) is 0 Å².